The van der Waals surface area contributed by atoms with E-state index in [2.05, 4.69) is 10.6 Å². The van der Waals surface area contributed by atoms with Crippen molar-refractivity contribution in [3.05, 3.63) is 53.1 Å². The summed E-state index contributed by atoms with van der Waals surface area (Å²) in [7, 11) is 1.60. The predicted molar refractivity (Wildman–Crippen MR) is 99.2 cm³/mol. The predicted octanol–water partition coefficient (Wildman–Crippen LogP) is 3.85. The van der Waals surface area contributed by atoms with E-state index in [4.69, 9.17) is 9.47 Å². The fourth-order valence-corrected chi connectivity index (χ4v) is 3.06. The van der Waals surface area contributed by atoms with Crippen LogP contribution in [0.15, 0.2) is 36.4 Å². The van der Waals surface area contributed by atoms with Crippen LogP contribution < -0.4 is 20.1 Å². The minimum atomic E-state index is -0.330. The number of methoxy groups -OCH3 is 1. The molecule has 1 atom stereocenters. The summed E-state index contributed by atoms with van der Waals surface area (Å²) in [5.74, 6) is 1.30. The summed E-state index contributed by atoms with van der Waals surface area (Å²) in [5, 5.41) is 5.76. The van der Waals surface area contributed by atoms with Gasteiger partial charge in [0.2, 0.25) is 0 Å². The largest absolute Gasteiger partial charge is 0.493 e. The smallest absolute Gasteiger partial charge is 0.319 e. The minimum Gasteiger partial charge on any atom is -0.493 e. The first-order valence-electron chi connectivity index (χ1n) is 8.48. The highest BCUT2D eigenvalue weighted by atomic mass is 16.5. The summed E-state index contributed by atoms with van der Waals surface area (Å²) in [6.45, 7) is 3.97. The fourth-order valence-electron chi connectivity index (χ4n) is 3.06. The van der Waals surface area contributed by atoms with Crippen molar-refractivity contribution in [2.45, 2.75) is 26.3 Å². The van der Waals surface area contributed by atoms with Gasteiger partial charge in [-0.2, -0.15) is 0 Å². The first kappa shape index (κ1) is 17.8. The molecule has 26 heavy (non-hydrogen) atoms. The van der Waals surface area contributed by atoms with Crippen LogP contribution in [0.2, 0.25) is 0 Å². The number of ketones is 1. The molecule has 3 rings (SSSR count). The van der Waals surface area contributed by atoms with Gasteiger partial charge in [0.1, 0.15) is 0 Å². The quantitative estimate of drug-likeness (QED) is 0.818. The third kappa shape index (κ3) is 3.79. The van der Waals surface area contributed by atoms with Gasteiger partial charge in [-0.3, -0.25) is 4.79 Å². The molecule has 0 radical (unpaired) electrons. The van der Waals surface area contributed by atoms with Crippen molar-refractivity contribution in [1.29, 1.82) is 0 Å². The number of nitrogens with one attached hydrogen (secondary N) is 2. The lowest BCUT2D eigenvalue weighted by atomic mass is 9.98. The van der Waals surface area contributed by atoms with E-state index in [0.717, 1.165) is 11.1 Å². The van der Waals surface area contributed by atoms with Crippen LogP contribution in [0.3, 0.4) is 0 Å². The van der Waals surface area contributed by atoms with E-state index in [0.29, 0.717) is 35.8 Å². The summed E-state index contributed by atoms with van der Waals surface area (Å²) in [4.78, 5) is 23.9. The number of amides is 2. The monoisotopic (exact) mass is 354 g/mol. The molecule has 0 aliphatic carbocycles. The van der Waals surface area contributed by atoms with E-state index in [1.165, 1.54) is 6.92 Å². The lowest BCUT2D eigenvalue weighted by Gasteiger charge is -2.28. The Labute approximate surface area is 152 Å². The molecule has 1 heterocycles. The number of aryl methyl sites for hydroxylation is 1. The van der Waals surface area contributed by atoms with Gasteiger partial charge < -0.3 is 20.1 Å². The molecule has 0 spiro atoms. The summed E-state index contributed by atoms with van der Waals surface area (Å²) >= 11 is 0. The molecule has 2 aromatic rings. The molecule has 0 saturated heterocycles. The van der Waals surface area contributed by atoms with Crippen molar-refractivity contribution in [2.24, 2.45) is 0 Å². The van der Waals surface area contributed by atoms with Crippen LogP contribution in [0, 0.1) is 6.92 Å². The van der Waals surface area contributed by atoms with Crippen molar-refractivity contribution in [2.75, 3.05) is 19.0 Å². The van der Waals surface area contributed by atoms with Gasteiger partial charge in [-0.05, 0) is 37.6 Å². The summed E-state index contributed by atoms with van der Waals surface area (Å²) in [6.07, 6.45) is 0.667. The molecule has 6 nitrogen and oxygen atoms in total. The summed E-state index contributed by atoms with van der Waals surface area (Å²) < 4.78 is 11.1. The Morgan fingerprint density at radius 2 is 2.04 bits per heavy atom. The summed E-state index contributed by atoms with van der Waals surface area (Å²) in [5.41, 5.74) is 3.07. The van der Waals surface area contributed by atoms with Crippen LogP contribution in [-0.4, -0.2) is 25.5 Å². The molecular formula is C20H22N2O4. The number of carbonyl (C=O) groups excluding carboxylic acids is 2. The third-order valence-electron chi connectivity index (χ3n) is 4.31. The van der Waals surface area contributed by atoms with Gasteiger partial charge in [0.25, 0.3) is 0 Å². The molecule has 136 valence electrons. The summed E-state index contributed by atoms with van der Waals surface area (Å²) in [6, 6.07) is 10.3. The maximum atomic E-state index is 12.4. The Morgan fingerprint density at radius 1 is 1.23 bits per heavy atom. The van der Waals surface area contributed by atoms with E-state index in [9.17, 15) is 9.59 Å². The van der Waals surface area contributed by atoms with Crippen molar-refractivity contribution in [1.82, 2.24) is 5.32 Å². The lowest BCUT2D eigenvalue weighted by molar-refractivity contribution is 0.101. The number of Topliss-reactive ketones (excluding diaryl/α,β-unsaturated/α-hetero) is 1. The van der Waals surface area contributed by atoms with Gasteiger partial charge >= 0.3 is 6.03 Å². The number of hydrogen-bond acceptors (Lipinski definition) is 4. The van der Waals surface area contributed by atoms with E-state index in [-0.39, 0.29) is 17.9 Å². The molecule has 2 amide bonds. The second-order valence-electron chi connectivity index (χ2n) is 6.31. The van der Waals surface area contributed by atoms with Gasteiger partial charge in [0.15, 0.2) is 17.3 Å². The average molecular weight is 354 g/mol. The standard InChI is InChI=1S/C20H22N2O4/c1-12-9-16-17(7-8-26-19(16)18(10-12)25-3)22-20(24)21-15-6-4-5-14(11-15)13(2)23/h4-6,9-11,17H,7-8H2,1-3H3,(H2,21,22,24)/t17-/m1/s1. The number of rotatable bonds is 4. The highest BCUT2D eigenvalue weighted by Gasteiger charge is 2.26. The second kappa shape index (κ2) is 7.47. The van der Waals surface area contributed by atoms with Crippen molar-refractivity contribution in [3.8, 4) is 11.5 Å². The second-order valence-corrected chi connectivity index (χ2v) is 6.31. The molecule has 0 saturated carbocycles. The molecule has 0 fully saturated rings. The maximum absolute atomic E-state index is 12.4. The number of carbonyl (C=O) groups is 2. The Hall–Kier alpha value is -3.02. The van der Waals surface area contributed by atoms with E-state index in [1.807, 2.05) is 19.1 Å². The molecule has 2 aromatic carbocycles. The van der Waals surface area contributed by atoms with E-state index < -0.39 is 0 Å². The zero-order chi connectivity index (χ0) is 18.7. The Balaban J connectivity index is 1.76. The van der Waals surface area contributed by atoms with Gasteiger partial charge in [-0.1, -0.05) is 18.2 Å². The number of hydrogen-bond donors (Lipinski definition) is 2. The Morgan fingerprint density at radius 3 is 2.77 bits per heavy atom. The Kier molecular flexibility index (Phi) is 5.11. The Bertz CT molecular complexity index is 848. The van der Waals surface area contributed by atoms with Crippen molar-refractivity contribution < 1.29 is 19.1 Å². The molecule has 0 unspecified atom stereocenters. The normalized spacial score (nSPS) is 15.4. The van der Waals surface area contributed by atoms with Crippen LogP contribution in [0.5, 0.6) is 11.5 Å². The number of urea groups is 1. The van der Waals surface area contributed by atoms with E-state index >= 15 is 0 Å². The SMILES string of the molecule is COc1cc(C)cc2c1OCC[C@H]2NC(=O)Nc1cccc(C(C)=O)c1. The molecular weight excluding hydrogens is 332 g/mol. The number of fused-ring (bicyclic) bond motifs is 1. The van der Waals surface area contributed by atoms with Crippen LogP contribution >= 0.6 is 0 Å². The molecule has 0 bridgehead atoms. The number of anilines is 1. The molecule has 2 N–H and O–H groups in total. The van der Waals surface area contributed by atoms with Crippen LogP contribution in [0.25, 0.3) is 0 Å². The number of benzene rings is 2. The zero-order valence-corrected chi connectivity index (χ0v) is 15.1. The van der Waals surface area contributed by atoms with Gasteiger partial charge in [0, 0.05) is 23.2 Å². The van der Waals surface area contributed by atoms with Crippen molar-refractivity contribution in [3.63, 3.8) is 0 Å². The van der Waals surface area contributed by atoms with Crippen molar-refractivity contribution >= 4 is 17.5 Å². The van der Waals surface area contributed by atoms with Crippen LogP contribution in [-0.2, 0) is 0 Å². The highest BCUT2D eigenvalue weighted by molar-refractivity contribution is 5.96. The van der Waals surface area contributed by atoms with Gasteiger partial charge in [0.05, 0.1) is 19.8 Å². The molecule has 6 heteroatoms. The van der Waals surface area contributed by atoms with Gasteiger partial charge in [-0.15, -0.1) is 0 Å². The fraction of sp³-hybridized carbons (Fsp3) is 0.300. The number of ether oxygens (including phenoxy) is 2. The molecule has 1 aliphatic rings. The highest BCUT2D eigenvalue weighted by Crippen LogP contribution is 2.40. The first-order valence-corrected chi connectivity index (χ1v) is 8.48. The van der Waals surface area contributed by atoms with Crippen LogP contribution in [0.4, 0.5) is 10.5 Å². The first-order chi connectivity index (χ1) is 12.5. The molecule has 1 aliphatic heterocycles. The average Bonchev–Trinajstić information content (AvgIpc) is 2.61. The lowest BCUT2D eigenvalue weighted by Crippen LogP contribution is -2.35. The molecule has 0 aromatic heterocycles. The topological polar surface area (TPSA) is 76.7 Å². The minimum absolute atomic E-state index is 0.0463. The maximum Gasteiger partial charge on any atom is 0.319 e. The zero-order valence-electron chi connectivity index (χ0n) is 15.1. The van der Waals surface area contributed by atoms with Crippen LogP contribution in [0.1, 0.15) is 40.9 Å². The third-order valence-corrected chi connectivity index (χ3v) is 4.31. The van der Waals surface area contributed by atoms with Gasteiger partial charge in [-0.25, -0.2) is 4.79 Å². The van der Waals surface area contributed by atoms with E-state index in [1.54, 1.807) is 31.4 Å².